The van der Waals surface area contributed by atoms with Crippen LogP contribution in [0.5, 0.6) is 5.75 Å². The fourth-order valence-electron chi connectivity index (χ4n) is 2.46. The monoisotopic (exact) mass is 390 g/mol. The zero-order valence-electron chi connectivity index (χ0n) is 15.1. The van der Waals surface area contributed by atoms with Gasteiger partial charge in [0.1, 0.15) is 5.75 Å². The molecule has 3 aromatic rings. The third-order valence-electron chi connectivity index (χ3n) is 3.70. The smallest absolute Gasteiger partial charge is 0.416 e. The van der Waals surface area contributed by atoms with E-state index in [1.165, 1.54) is 18.2 Å². The van der Waals surface area contributed by atoms with Gasteiger partial charge < -0.3 is 14.6 Å². The van der Waals surface area contributed by atoms with Gasteiger partial charge in [0.05, 0.1) is 11.7 Å². The highest BCUT2D eigenvalue weighted by atomic mass is 19.4. The highest BCUT2D eigenvalue weighted by Gasteiger charge is 2.30. The van der Waals surface area contributed by atoms with Crippen molar-refractivity contribution in [2.45, 2.75) is 26.1 Å². The number of rotatable bonds is 5. The maximum Gasteiger partial charge on any atom is 0.416 e. The van der Waals surface area contributed by atoms with Crippen molar-refractivity contribution in [1.29, 1.82) is 0 Å². The normalized spacial score (nSPS) is 11.5. The van der Waals surface area contributed by atoms with Crippen molar-refractivity contribution in [3.8, 4) is 17.1 Å². The van der Waals surface area contributed by atoms with E-state index in [-0.39, 0.29) is 17.5 Å². The van der Waals surface area contributed by atoms with Gasteiger partial charge in [-0.15, -0.1) is 0 Å². The predicted molar refractivity (Wildman–Crippen MR) is 97.1 cm³/mol. The first-order chi connectivity index (χ1) is 13.2. The van der Waals surface area contributed by atoms with E-state index in [1.807, 2.05) is 13.8 Å². The van der Waals surface area contributed by atoms with E-state index in [2.05, 4.69) is 10.5 Å². The second-order valence-corrected chi connectivity index (χ2v) is 6.30. The number of halogens is 3. The first kappa shape index (κ1) is 19.5. The van der Waals surface area contributed by atoms with Gasteiger partial charge in [-0.05, 0) is 56.3 Å². The molecule has 0 aliphatic heterocycles. The van der Waals surface area contributed by atoms with Crippen LogP contribution in [0, 0.1) is 0 Å². The number of anilines is 1. The summed E-state index contributed by atoms with van der Waals surface area (Å²) in [6, 6.07) is 12.8. The van der Waals surface area contributed by atoms with Crippen molar-refractivity contribution >= 4 is 11.6 Å². The Kier molecular flexibility index (Phi) is 5.39. The summed E-state index contributed by atoms with van der Waals surface area (Å²) in [7, 11) is 0. The van der Waals surface area contributed by atoms with Gasteiger partial charge in [-0.2, -0.15) is 13.2 Å². The highest BCUT2D eigenvalue weighted by Crippen LogP contribution is 2.31. The van der Waals surface area contributed by atoms with Crippen LogP contribution in [0.4, 0.5) is 18.9 Å². The summed E-state index contributed by atoms with van der Waals surface area (Å²) >= 11 is 0. The van der Waals surface area contributed by atoms with Crippen LogP contribution in [-0.2, 0) is 6.18 Å². The molecule has 1 N–H and O–H groups in total. The summed E-state index contributed by atoms with van der Waals surface area (Å²) in [6.45, 7) is 3.83. The molecule has 1 heterocycles. The van der Waals surface area contributed by atoms with Crippen molar-refractivity contribution in [3.05, 3.63) is 65.9 Å². The summed E-state index contributed by atoms with van der Waals surface area (Å²) in [5.74, 6) is 0.375. The standard InChI is InChI=1S/C20H17F3N2O3/c1-12(2)27-16-8-6-13(7-9-16)18-11-17(25-28-18)19(26)24-15-5-3-4-14(10-15)20(21,22)23/h3-12H,1-2H3,(H,24,26). The number of hydrogen-bond donors (Lipinski definition) is 1. The molecule has 0 aliphatic rings. The van der Waals surface area contributed by atoms with Gasteiger partial charge >= 0.3 is 6.18 Å². The van der Waals surface area contributed by atoms with Gasteiger partial charge in [0, 0.05) is 17.3 Å². The summed E-state index contributed by atoms with van der Waals surface area (Å²) < 4.78 is 49.0. The van der Waals surface area contributed by atoms with E-state index in [1.54, 1.807) is 24.3 Å². The Labute approximate surface area is 159 Å². The first-order valence-corrected chi connectivity index (χ1v) is 8.45. The third kappa shape index (κ3) is 4.70. The maximum absolute atomic E-state index is 12.8. The Morgan fingerprint density at radius 1 is 1.11 bits per heavy atom. The molecular weight excluding hydrogens is 373 g/mol. The molecule has 0 saturated carbocycles. The number of nitrogens with one attached hydrogen (secondary N) is 1. The molecule has 0 aliphatic carbocycles. The van der Waals surface area contributed by atoms with Crippen LogP contribution in [-0.4, -0.2) is 17.2 Å². The number of hydrogen-bond acceptors (Lipinski definition) is 4. The number of aromatic nitrogens is 1. The molecule has 5 nitrogen and oxygen atoms in total. The summed E-state index contributed by atoms with van der Waals surface area (Å²) in [6.07, 6.45) is -4.45. The maximum atomic E-state index is 12.8. The zero-order valence-corrected chi connectivity index (χ0v) is 15.1. The molecule has 146 valence electrons. The molecule has 0 bridgehead atoms. The van der Waals surface area contributed by atoms with Gasteiger partial charge in [-0.25, -0.2) is 0 Å². The molecule has 0 fully saturated rings. The number of carbonyl (C=O) groups is 1. The molecule has 0 radical (unpaired) electrons. The van der Waals surface area contributed by atoms with E-state index in [9.17, 15) is 18.0 Å². The molecule has 3 rings (SSSR count). The summed E-state index contributed by atoms with van der Waals surface area (Å²) in [5, 5.41) is 6.07. The van der Waals surface area contributed by atoms with Crippen LogP contribution in [0.1, 0.15) is 29.9 Å². The first-order valence-electron chi connectivity index (χ1n) is 8.45. The van der Waals surface area contributed by atoms with Gasteiger partial charge in [0.15, 0.2) is 11.5 Å². The molecule has 1 aromatic heterocycles. The predicted octanol–water partition coefficient (Wildman–Crippen LogP) is 5.40. The fraction of sp³-hybridized carbons (Fsp3) is 0.200. The van der Waals surface area contributed by atoms with E-state index < -0.39 is 17.6 Å². The van der Waals surface area contributed by atoms with Gasteiger partial charge in [-0.1, -0.05) is 11.2 Å². The van der Waals surface area contributed by atoms with Crippen LogP contribution < -0.4 is 10.1 Å². The summed E-state index contributed by atoms with van der Waals surface area (Å²) in [4.78, 5) is 12.3. The van der Waals surface area contributed by atoms with Crippen molar-refractivity contribution in [3.63, 3.8) is 0 Å². The van der Waals surface area contributed by atoms with Crippen LogP contribution >= 0.6 is 0 Å². The molecule has 0 saturated heterocycles. The number of ether oxygens (including phenoxy) is 1. The fourth-order valence-corrected chi connectivity index (χ4v) is 2.46. The molecule has 0 spiro atoms. The Morgan fingerprint density at radius 3 is 2.46 bits per heavy atom. The molecular formula is C20H17F3N2O3. The van der Waals surface area contributed by atoms with Crippen LogP contribution in [0.2, 0.25) is 0 Å². The van der Waals surface area contributed by atoms with E-state index in [0.717, 1.165) is 12.1 Å². The van der Waals surface area contributed by atoms with Gasteiger partial charge in [0.25, 0.3) is 5.91 Å². The quantitative estimate of drug-likeness (QED) is 0.634. The van der Waals surface area contributed by atoms with Gasteiger partial charge in [0.2, 0.25) is 0 Å². The van der Waals surface area contributed by atoms with E-state index in [4.69, 9.17) is 9.26 Å². The Hall–Kier alpha value is -3.29. The highest BCUT2D eigenvalue weighted by molar-refractivity contribution is 6.03. The number of nitrogens with zero attached hydrogens (tertiary/aromatic N) is 1. The lowest BCUT2D eigenvalue weighted by Crippen LogP contribution is -2.13. The van der Waals surface area contributed by atoms with Crippen molar-refractivity contribution in [2.75, 3.05) is 5.32 Å². The minimum absolute atomic E-state index is 0.0135. The molecule has 0 unspecified atom stereocenters. The average molecular weight is 390 g/mol. The van der Waals surface area contributed by atoms with Crippen LogP contribution in [0.25, 0.3) is 11.3 Å². The lowest BCUT2D eigenvalue weighted by molar-refractivity contribution is -0.137. The number of amides is 1. The minimum atomic E-state index is -4.49. The second kappa shape index (κ2) is 7.75. The largest absolute Gasteiger partial charge is 0.491 e. The molecule has 0 atom stereocenters. The number of benzene rings is 2. The molecule has 2 aromatic carbocycles. The minimum Gasteiger partial charge on any atom is -0.491 e. The van der Waals surface area contributed by atoms with E-state index in [0.29, 0.717) is 17.1 Å². The third-order valence-corrected chi connectivity index (χ3v) is 3.70. The van der Waals surface area contributed by atoms with Crippen LogP contribution in [0.15, 0.2) is 59.1 Å². The zero-order chi connectivity index (χ0) is 20.3. The number of alkyl halides is 3. The lowest BCUT2D eigenvalue weighted by Gasteiger charge is -2.09. The Bertz CT molecular complexity index is 963. The molecule has 8 heteroatoms. The Balaban J connectivity index is 1.72. The van der Waals surface area contributed by atoms with Crippen molar-refractivity contribution in [1.82, 2.24) is 5.16 Å². The van der Waals surface area contributed by atoms with Crippen molar-refractivity contribution < 1.29 is 27.2 Å². The van der Waals surface area contributed by atoms with Gasteiger partial charge in [-0.3, -0.25) is 4.79 Å². The van der Waals surface area contributed by atoms with E-state index >= 15 is 0 Å². The molecule has 28 heavy (non-hydrogen) atoms. The van der Waals surface area contributed by atoms with Crippen molar-refractivity contribution in [2.24, 2.45) is 0 Å². The summed E-state index contributed by atoms with van der Waals surface area (Å²) in [5.41, 5.74) is -0.203. The Morgan fingerprint density at radius 2 is 1.82 bits per heavy atom. The molecule has 1 amide bonds. The topological polar surface area (TPSA) is 64.4 Å². The van der Waals surface area contributed by atoms with Crippen LogP contribution in [0.3, 0.4) is 0 Å². The number of carbonyl (C=O) groups excluding carboxylic acids is 1. The second-order valence-electron chi connectivity index (χ2n) is 6.30. The average Bonchev–Trinajstić information content (AvgIpc) is 3.12. The lowest BCUT2D eigenvalue weighted by atomic mass is 10.1. The SMILES string of the molecule is CC(C)Oc1ccc(-c2cc(C(=O)Nc3cccc(C(F)(F)F)c3)no2)cc1.